The molecule has 1 fully saturated rings. The number of carbonyl (C=O) groups excluding carboxylic acids is 2. The summed E-state index contributed by atoms with van der Waals surface area (Å²) in [6, 6.07) is 8.06. The van der Waals surface area contributed by atoms with Gasteiger partial charge >= 0.3 is 0 Å². The van der Waals surface area contributed by atoms with Gasteiger partial charge in [0.2, 0.25) is 12.7 Å². The Labute approximate surface area is 178 Å². The molecule has 0 spiro atoms. The molecule has 0 bridgehead atoms. The van der Waals surface area contributed by atoms with Crippen LogP contribution in [0.2, 0.25) is 0 Å². The standard InChI is InChI=1S/C24H32N2O4/c1-5-17(13-22-16(3)29-15-30-22)18-7-9-19(10-8-18)24(28)26(4)21-12-11-20(14-21)25-23(27)6-2/h7-10,13,20-21H,5-6,11-12,14-15H2,1-4H3,(H,25,27)/b17-13+/t20-,21+/m0/s1. The van der Waals surface area contributed by atoms with Gasteiger partial charge in [0.1, 0.15) is 5.76 Å². The molecule has 30 heavy (non-hydrogen) atoms. The van der Waals surface area contributed by atoms with Crippen molar-refractivity contribution < 1.29 is 19.1 Å². The first-order valence-electron chi connectivity index (χ1n) is 10.8. The zero-order valence-electron chi connectivity index (χ0n) is 18.4. The third kappa shape index (κ3) is 5.04. The topological polar surface area (TPSA) is 67.9 Å². The quantitative estimate of drug-likeness (QED) is 0.728. The zero-order valence-corrected chi connectivity index (χ0v) is 18.4. The van der Waals surface area contributed by atoms with E-state index < -0.39 is 0 Å². The Bertz CT molecular complexity index is 841. The minimum atomic E-state index is 0.0159. The largest absolute Gasteiger partial charge is 0.458 e. The van der Waals surface area contributed by atoms with Crippen LogP contribution < -0.4 is 5.32 Å². The van der Waals surface area contributed by atoms with Crippen LogP contribution in [0.5, 0.6) is 0 Å². The van der Waals surface area contributed by atoms with Crippen LogP contribution in [0.25, 0.3) is 5.57 Å². The van der Waals surface area contributed by atoms with Crippen LogP contribution in [0, 0.1) is 0 Å². The molecule has 3 rings (SSSR count). The lowest BCUT2D eigenvalue weighted by atomic mass is 10.0. The van der Waals surface area contributed by atoms with Crippen molar-refractivity contribution in [3.8, 4) is 0 Å². The maximum absolute atomic E-state index is 13.0. The first kappa shape index (κ1) is 21.9. The molecule has 6 nitrogen and oxygen atoms in total. The highest BCUT2D eigenvalue weighted by Gasteiger charge is 2.30. The van der Waals surface area contributed by atoms with Crippen LogP contribution in [0.4, 0.5) is 0 Å². The first-order valence-corrected chi connectivity index (χ1v) is 10.8. The lowest BCUT2D eigenvalue weighted by Crippen LogP contribution is -2.38. The molecule has 0 unspecified atom stereocenters. The number of benzene rings is 1. The monoisotopic (exact) mass is 412 g/mol. The smallest absolute Gasteiger partial charge is 0.253 e. The lowest BCUT2D eigenvalue weighted by molar-refractivity contribution is -0.121. The van der Waals surface area contributed by atoms with E-state index in [0.29, 0.717) is 12.0 Å². The van der Waals surface area contributed by atoms with Crippen LogP contribution in [-0.4, -0.2) is 42.6 Å². The Morgan fingerprint density at radius 2 is 1.80 bits per heavy atom. The molecule has 2 aliphatic rings. The molecular weight excluding hydrogens is 380 g/mol. The fourth-order valence-corrected chi connectivity index (χ4v) is 4.01. The summed E-state index contributed by atoms with van der Waals surface area (Å²) < 4.78 is 10.9. The van der Waals surface area contributed by atoms with Crippen molar-refractivity contribution in [1.82, 2.24) is 10.2 Å². The van der Waals surface area contributed by atoms with Crippen molar-refractivity contribution in [1.29, 1.82) is 0 Å². The van der Waals surface area contributed by atoms with Gasteiger partial charge in [-0.05, 0) is 62.0 Å². The van der Waals surface area contributed by atoms with E-state index in [4.69, 9.17) is 9.47 Å². The van der Waals surface area contributed by atoms with Gasteiger partial charge in [-0.1, -0.05) is 26.0 Å². The molecular formula is C24H32N2O4. The molecule has 1 aliphatic heterocycles. The fraction of sp³-hybridized carbons (Fsp3) is 0.500. The van der Waals surface area contributed by atoms with Gasteiger partial charge in [-0.2, -0.15) is 0 Å². The van der Waals surface area contributed by atoms with Crippen LogP contribution in [0.3, 0.4) is 0 Å². The van der Waals surface area contributed by atoms with Gasteiger partial charge in [0.05, 0.1) is 0 Å². The normalized spacial score (nSPS) is 21.3. The lowest BCUT2D eigenvalue weighted by Gasteiger charge is -2.25. The molecule has 2 atom stereocenters. The van der Waals surface area contributed by atoms with E-state index in [-0.39, 0.29) is 30.7 Å². The Morgan fingerprint density at radius 3 is 2.40 bits per heavy atom. The Kier molecular flexibility index (Phi) is 7.19. The van der Waals surface area contributed by atoms with Crippen molar-refractivity contribution in [3.63, 3.8) is 0 Å². The SMILES string of the molecule is CCC(=O)N[C@H]1CC[C@@H](N(C)C(=O)c2ccc(/C(=C/C3=C(C)OCO3)CC)cc2)C1. The third-order valence-electron chi connectivity index (χ3n) is 5.98. The van der Waals surface area contributed by atoms with E-state index in [1.807, 2.05) is 56.1 Å². The van der Waals surface area contributed by atoms with Gasteiger partial charge in [0.25, 0.3) is 5.91 Å². The number of hydrogen-bond acceptors (Lipinski definition) is 4. The fourth-order valence-electron chi connectivity index (χ4n) is 4.01. The molecule has 6 heteroatoms. The molecule has 2 amide bonds. The second kappa shape index (κ2) is 9.83. The molecule has 1 N–H and O–H groups in total. The average Bonchev–Trinajstić information content (AvgIpc) is 3.39. The highest BCUT2D eigenvalue weighted by Crippen LogP contribution is 2.27. The second-order valence-corrected chi connectivity index (χ2v) is 7.93. The Hall–Kier alpha value is -2.76. The summed E-state index contributed by atoms with van der Waals surface area (Å²) in [5.74, 6) is 1.64. The zero-order chi connectivity index (χ0) is 21.7. The second-order valence-electron chi connectivity index (χ2n) is 7.93. The van der Waals surface area contributed by atoms with Crippen LogP contribution in [-0.2, 0) is 14.3 Å². The van der Waals surface area contributed by atoms with Gasteiger partial charge in [0.15, 0.2) is 5.76 Å². The van der Waals surface area contributed by atoms with E-state index >= 15 is 0 Å². The molecule has 0 radical (unpaired) electrons. The molecule has 1 saturated carbocycles. The van der Waals surface area contributed by atoms with Crippen molar-refractivity contribution >= 4 is 17.4 Å². The predicted octanol–water partition coefficient (Wildman–Crippen LogP) is 4.24. The van der Waals surface area contributed by atoms with Crippen LogP contribution in [0.15, 0.2) is 41.9 Å². The maximum atomic E-state index is 13.0. The average molecular weight is 413 g/mol. The molecule has 1 aliphatic carbocycles. The van der Waals surface area contributed by atoms with Crippen molar-refractivity contribution in [2.24, 2.45) is 0 Å². The summed E-state index contributed by atoms with van der Waals surface area (Å²) in [4.78, 5) is 26.4. The minimum Gasteiger partial charge on any atom is -0.458 e. The van der Waals surface area contributed by atoms with Crippen LogP contribution >= 0.6 is 0 Å². The summed E-state index contributed by atoms with van der Waals surface area (Å²) in [6.45, 7) is 6.11. The van der Waals surface area contributed by atoms with Gasteiger partial charge < -0.3 is 19.7 Å². The number of nitrogens with zero attached hydrogens (tertiary/aromatic N) is 1. The maximum Gasteiger partial charge on any atom is 0.253 e. The number of hydrogen-bond donors (Lipinski definition) is 1. The minimum absolute atomic E-state index is 0.0159. The Morgan fingerprint density at radius 1 is 1.10 bits per heavy atom. The van der Waals surface area contributed by atoms with Gasteiger partial charge in [-0.15, -0.1) is 0 Å². The van der Waals surface area contributed by atoms with E-state index in [9.17, 15) is 9.59 Å². The van der Waals surface area contributed by atoms with E-state index in [0.717, 1.165) is 48.3 Å². The van der Waals surface area contributed by atoms with Gasteiger partial charge in [0, 0.05) is 31.1 Å². The summed E-state index contributed by atoms with van der Waals surface area (Å²) in [5, 5.41) is 3.05. The van der Waals surface area contributed by atoms with E-state index in [1.54, 1.807) is 0 Å². The third-order valence-corrected chi connectivity index (χ3v) is 5.98. The number of amides is 2. The molecule has 1 heterocycles. The summed E-state index contributed by atoms with van der Waals surface area (Å²) in [7, 11) is 1.86. The molecule has 1 aromatic carbocycles. The Balaban J connectivity index is 1.65. The molecule has 0 saturated heterocycles. The van der Waals surface area contributed by atoms with Gasteiger partial charge in [-0.25, -0.2) is 0 Å². The predicted molar refractivity (Wildman–Crippen MR) is 116 cm³/mol. The van der Waals surface area contributed by atoms with Gasteiger partial charge in [-0.3, -0.25) is 9.59 Å². The highest BCUT2D eigenvalue weighted by molar-refractivity contribution is 5.94. The van der Waals surface area contributed by atoms with Crippen LogP contribution in [0.1, 0.15) is 68.8 Å². The summed E-state index contributed by atoms with van der Waals surface area (Å²) >= 11 is 0. The van der Waals surface area contributed by atoms with Crippen molar-refractivity contribution in [3.05, 3.63) is 53.0 Å². The molecule has 0 aromatic heterocycles. The number of ether oxygens (including phenoxy) is 2. The van der Waals surface area contributed by atoms with Crippen molar-refractivity contribution in [2.45, 2.75) is 65.0 Å². The molecule has 1 aromatic rings. The van der Waals surface area contributed by atoms with Crippen molar-refractivity contribution in [2.75, 3.05) is 13.8 Å². The van der Waals surface area contributed by atoms with E-state index in [1.165, 1.54) is 0 Å². The molecule has 162 valence electrons. The summed E-state index contributed by atoms with van der Waals surface area (Å²) in [6.07, 6.45) is 5.99. The number of nitrogens with one attached hydrogen (secondary N) is 1. The number of rotatable bonds is 7. The first-order chi connectivity index (χ1) is 14.4. The van der Waals surface area contributed by atoms with E-state index in [2.05, 4.69) is 12.2 Å². The number of carbonyl (C=O) groups is 2. The summed E-state index contributed by atoms with van der Waals surface area (Å²) in [5.41, 5.74) is 2.87. The highest BCUT2D eigenvalue weighted by atomic mass is 16.7. The number of allylic oxidation sites excluding steroid dienone is 3.